The number of furan rings is 1. The summed E-state index contributed by atoms with van der Waals surface area (Å²) in [4.78, 5) is 0. The van der Waals surface area contributed by atoms with Crippen LogP contribution in [0.4, 0.5) is 0 Å². The van der Waals surface area contributed by atoms with Crippen LogP contribution in [0.2, 0.25) is 0 Å². The van der Waals surface area contributed by atoms with Gasteiger partial charge < -0.3 is 9.62 Å². The molecule has 0 radical (unpaired) electrons. The zero-order valence-corrected chi connectivity index (χ0v) is 11.2. The molecule has 0 unspecified atom stereocenters. The summed E-state index contributed by atoms with van der Waals surface area (Å²) in [5.41, 5.74) is 0.945. The zero-order valence-electron chi connectivity index (χ0n) is 8.02. The molecule has 0 atom stereocenters. The minimum Gasteiger partial charge on any atom is -0.455 e. The van der Waals surface area contributed by atoms with E-state index in [1.54, 1.807) is 6.07 Å². The lowest BCUT2D eigenvalue weighted by molar-refractivity contribution is 0.321. The lowest BCUT2D eigenvalue weighted by Crippen LogP contribution is -1.77. The Bertz CT molecular complexity index is 535. The second-order valence-electron chi connectivity index (χ2n) is 3.07. The first-order chi connectivity index (χ1) is 7.70. The molecule has 16 heavy (non-hydrogen) atoms. The van der Waals surface area contributed by atoms with Gasteiger partial charge in [-0.2, -0.15) is 0 Å². The summed E-state index contributed by atoms with van der Waals surface area (Å²) in [6.45, 7) is 0. The first-order valence-electron chi connectivity index (χ1n) is 4.43. The minimum atomic E-state index is 0.507. The molecule has 2 aromatic rings. The van der Waals surface area contributed by atoms with Crippen LogP contribution < -0.4 is 0 Å². The summed E-state index contributed by atoms with van der Waals surface area (Å²) in [5, 5.41) is 11.3. The van der Waals surface area contributed by atoms with Crippen molar-refractivity contribution in [2.24, 2.45) is 5.16 Å². The lowest BCUT2D eigenvalue weighted by atomic mass is 10.2. The summed E-state index contributed by atoms with van der Waals surface area (Å²) in [6, 6.07) is 9.38. The fourth-order valence-electron chi connectivity index (χ4n) is 1.31. The van der Waals surface area contributed by atoms with E-state index in [1.165, 1.54) is 6.21 Å². The van der Waals surface area contributed by atoms with Crippen LogP contribution in [-0.2, 0) is 0 Å². The van der Waals surface area contributed by atoms with Crippen LogP contribution in [0.15, 0.2) is 48.9 Å². The number of hydrogen-bond donors (Lipinski definition) is 1. The topological polar surface area (TPSA) is 45.7 Å². The molecule has 0 aliphatic heterocycles. The van der Waals surface area contributed by atoms with Gasteiger partial charge in [0.05, 0.1) is 0 Å². The van der Waals surface area contributed by atoms with Crippen molar-refractivity contribution in [3.63, 3.8) is 0 Å². The Kier molecular flexibility index (Phi) is 3.46. The Hall–Kier alpha value is -1.07. The monoisotopic (exact) mass is 343 g/mol. The normalized spacial score (nSPS) is 11.1. The largest absolute Gasteiger partial charge is 0.455 e. The molecule has 1 aromatic heterocycles. The molecule has 1 heterocycles. The molecule has 1 aromatic carbocycles. The molecule has 0 bridgehead atoms. The fourth-order valence-corrected chi connectivity index (χ4v) is 2.56. The molecular weight excluding hydrogens is 338 g/mol. The molecule has 0 aliphatic rings. The maximum absolute atomic E-state index is 8.38. The third-order valence-electron chi connectivity index (χ3n) is 2.01. The van der Waals surface area contributed by atoms with Gasteiger partial charge in [-0.25, -0.2) is 0 Å². The van der Waals surface area contributed by atoms with Crippen molar-refractivity contribution in [1.82, 2.24) is 0 Å². The van der Waals surface area contributed by atoms with E-state index < -0.39 is 0 Å². The molecule has 0 fully saturated rings. The zero-order chi connectivity index (χ0) is 11.5. The highest BCUT2D eigenvalue weighted by atomic mass is 79.9. The number of nitrogens with zero attached hydrogens (tertiary/aromatic N) is 1. The van der Waals surface area contributed by atoms with Crippen molar-refractivity contribution in [1.29, 1.82) is 0 Å². The molecule has 1 N–H and O–H groups in total. The number of rotatable bonds is 2. The Morgan fingerprint density at radius 2 is 2.00 bits per heavy atom. The maximum Gasteiger partial charge on any atom is 0.149 e. The van der Waals surface area contributed by atoms with E-state index in [2.05, 4.69) is 37.0 Å². The summed E-state index contributed by atoms with van der Waals surface area (Å²) in [6.07, 6.45) is 1.25. The molecule has 0 spiro atoms. The van der Waals surface area contributed by atoms with Crippen molar-refractivity contribution in [2.45, 2.75) is 0 Å². The van der Waals surface area contributed by atoms with Crippen LogP contribution in [0.5, 0.6) is 0 Å². The van der Waals surface area contributed by atoms with Gasteiger partial charge in [0.1, 0.15) is 17.7 Å². The van der Waals surface area contributed by atoms with Gasteiger partial charge >= 0.3 is 0 Å². The maximum atomic E-state index is 8.38. The van der Waals surface area contributed by atoms with Gasteiger partial charge in [-0.1, -0.05) is 21.1 Å². The molecular formula is C11H7Br2NO2. The van der Waals surface area contributed by atoms with Crippen molar-refractivity contribution < 1.29 is 9.62 Å². The molecule has 0 aliphatic carbocycles. The van der Waals surface area contributed by atoms with Crippen molar-refractivity contribution in [3.8, 4) is 11.3 Å². The number of benzene rings is 1. The lowest BCUT2D eigenvalue weighted by Gasteiger charge is -2.01. The Morgan fingerprint density at radius 3 is 2.69 bits per heavy atom. The first-order valence-corrected chi connectivity index (χ1v) is 6.02. The summed E-state index contributed by atoms with van der Waals surface area (Å²) >= 11 is 6.84. The van der Waals surface area contributed by atoms with Crippen LogP contribution >= 0.6 is 31.9 Å². The molecule has 82 valence electrons. The fraction of sp³-hybridized carbons (Fsp3) is 0. The van der Waals surface area contributed by atoms with E-state index in [9.17, 15) is 0 Å². The van der Waals surface area contributed by atoms with E-state index in [1.807, 2.05) is 24.3 Å². The molecule has 0 saturated heterocycles. The van der Waals surface area contributed by atoms with Crippen LogP contribution in [0.25, 0.3) is 11.3 Å². The quantitative estimate of drug-likeness (QED) is 0.502. The van der Waals surface area contributed by atoms with Crippen LogP contribution in [0.1, 0.15) is 5.76 Å². The highest BCUT2D eigenvalue weighted by molar-refractivity contribution is 9.11. The van der Waals surface area contributed by atoms with E-state index in [4.69, 9.17) is 9.62 Å². The van der Waals surface area contributed by atoms with Crippen LogP contribution in [0.3, 0.4) is 0 Å². The van der Waals surface area contributed by atoms with Crippen molar-refractivity contribution in [2.75, 3.05) is 0 Å². The molecule has 3 nitrogen and oxygen atoms in total. The van der Waals surface area contributed by atoms with Gasteiger partial charge in [0.15, 0.2) is 0 Å². The molecule has 5 heteroatoms. The third-order valence-corrected chi connectivity index (χ3v) is 3.16. The average molecular weight is 345 g/mol. The summed E-state index contributed by atoms with van der Waals surface area (Å²) in [5.74, 6) is 1.22. The number of hydrogen-bond acceptors (Lipinski definition) is 3. The van der Waals surface area contributed by atoms with Gasteiger partial charge in [-0.15, -0.1) is 0 Å². The number of halogens is 2. The highest BCUT2D eigenvalue weighted by Crippen LogP contribution is 2.31. The molecule has 0 amide bonds. The van der Waals surface area contributed by atoms with Gasteiger partial charge in [-0.3, -0.25) is 0 Å². The van der Waals surface area contributed by atoms with Gasteiger partial charge in [-0.05, 0) is 46.3 Å². The second-order valence-corrected chi connectivity index (χ2v) is 4.84. The van der Waals surface area contributed by atoms with Crippen molar-refractivity contribution in [3.05, 3.63) is 45.0 Å². The number of oxime groups is 1. The highest BCUT2D eigenvalue weighted by Gasteiger charge is 2.07. The summed E-state index contributed by atoms with van der Waals surface area (Å²) in [7, 11) is 0. The van der Waals surface area contributed by atoms with Crippen LogP contribution in [-0.4, -0.2) is 11.4 Å². The first kappa shape index (κ1) is 11.4. The second kappa shape index (κ2) is 4.84. The SMILES string of the molecule is O/N=C\c1ccc(-c2ccc(Br)cc2Br)o1. The van der Waals surface area contributed by atoms with E-state index >= 15 is 0 Å². The Labute approximate surface area is 109 Å². The van der Waals surface area contributed by atoms with Gasteiger partial charge in [0.2, 0.25) is 0 Å². The minimum absolute atomic E-state index is 0.507. The van der Waals surface area contributed by atoms with Crippen molar-refractivity contribution >= 4 is 38.1 Å². The standard InChI is InChI=1S/C11H7Br2NO2/c12-7-1-3-9(10(13)5-7)11-4-2-8(16-11)6-14-15/h1-6,15H/b14-6-. The average Bonchev–Trinajstić information content (AvgIpc) is 2.67. The Morgan fingerprint density at radius 1 is 1.19 bits per heavy atom. The predicted molar refractivity (Wildman–Crippen MR) is 68.9 cm³/mol. The van der Waals surface area contributed by atoms with Crippen LogP contribution in [0, 0.1) is 0 Å². The summed E-state index contributed by atoms with van der Waals surface area (Å²) < 4.78 is 7.40. The van der Waals surface area contributed by atoms with Gasteiger partial charge in [0, 0.05) is 14.5 Å². The smallest absolute Gasteiger partial charge is 0.149 e. The third kappa shape index (κ3) is 2.36. The van der Waals surface area contributed by atoms with E-state index in [0.717, 1.165) is 14.5 Å². The van der Waals surface area contributed by atoms with E-state index in [0.29, 0.717) is 11.5 Å². The predicted octanol–water partition coefficient (Wildman–Crippen LogP) is 4.28. The molecule has 0 saturated carbocycles. The Balaban J connectivity index is 2.42. The molecule has 2 rings (SSSR count). The van der Waals surface area contributed by atoms with E-state index in [-0.39, 0.29) is 0 Å². The van der Waals surface area contributed by atoms with Gasteiger partial charge in [0.25, 0.3) is 0 Å².